The minimum absolute atomic E-state index is 0.425. The number of carbonyl (C=O) groups excluding carboxylic acids is 1. The molecule has 0 radical (unpaired) electrons. The monoisotopic (exact) mass is 265 g/mol. The Bertz CT molecular complexity index is 280. The zero-order valence-electron chi connectivity index (χ0n) is 6.30. The summed E-state index contributed by atoms with van der Waals surface area (Å²) in [5.74, 6) is 0. The van der Waals surface area contributed by atoms with Gasteiger partial charge in [-0.2, -0.15) is 4.73 Å². The Morgan fingerprint density at radius 2 is 2.27 bits per heavy atom. The van der Waals surface area contributed by atoms with Crippen molar-refractivity contribution >= 4 is 29.1 Å². The summed E-state index contributed by atoms with van der Waals surface area (Å²) < 4.78 is 2.44. The molecule has 0 spiro atoms. The molecule has 0 fully saturated rings. The van der Waals surface area contributed by atoms with Gasteiger partial charge in [-0.25, -0.2) is 0 Å². The summed E-state index contributed by atoms with van der Waals surface area (Å²) in [5.41, 5.74) is 2.05. The molecule has 0 atom stereocenters. The van der Waals surface area contributed by atoms with Crippen molar-refractivity contribution in [1.29, 1.82) is 0 Å². The average Bonchev–Trinajstić information content (AvgIpc) is 2.17. The van der Waals surface area contributed by atoms with Gasteiger partial charge in [-0.1, -0.05) is 0 Å². The molecule has 3 nitrogen and oxygen atoms in total. The smallest absolute Gasteiger partial charge is 0.321 e. The van der Waals surface area contributed by atoms with E-state index >= 15 is 0 Å². The summed E-state index contributed by atoms with van der Waals surface area (Å²) in [6.07, 6.45) is 0. The van der Waals surface area contributed by atoms with Crippen LogP contribution in [0.2, 0.25) is 0 Å². The van der Waals surface area contributed by atoms with Gasteiger partial charge in [0.1, 0.15) is 3.70 Å². The second-order valence-corrected chi connectivity index (χ2v) is 3.28. The highest BCUT2D eigenvalue weighted by Crippen LogP contribution is 2.14. The summed E-state index contributed by atoms with van der Waals surface area (Å²) in [4.78, 5) is 14.8. The van der Waals surface area contributed by atoms with Crippen LogP contribution in [0.5, 0.6) is 0 Å². The molecule has 0 saturated carbocycles. The van der Waals surface area contributed by atoms with Crippen molar-refractivity contribution in [3.05, 3.63) is 21.0 Å². The molecule has 0 aliphatic heterocycles. The van der Waals surface area contributed by atoms with Gasteiger partial charge in [0.2, 0.25) is 0 Å². The molecule has 1 heterocycles. The van der Waals surface area contributed by atoms with Gasteiger partial charge in [0, 0.05) is 0 Å². The molecule has 0 aliphatic carbocycles. The van der Waals surface area contributed by atoms with Crippen LogP contribution in [0, 0.1) is 17.5 Å². The first-order valence-corrected chi connectivity index (χ1v) is 4.20. The first-order chi connectivity index (χ1) is 5.16. The predicted octanol–water partition coefficient (Wildman–Crippen LogP) is 1.29. The van der Waals surface area contributed by atoms with E-state index in [9.17, 15) is 4.79 Å². The molecule has 0 amide bonds. The normalized spacial score (nSPS) is 9.73. The van der Waals surface area contributed by atoms with Crippen molar-refractivity contribution < 1.29 is 9.63 Å². The van der Waals surface area contributed by atoms with E-state index in [1.807, 2.05) is 19.9 Å². The van der Waals surface area contributed by atoms with Crippen molar-refractivity contribution in [3.8, 4) is 0 Å². The van der Waals surface area contributed by atoms with Crippen molar-refractivity contribution in [3.63, 3.8) is 0 Å². The van der Waals surface area contributed by atoms with E-state index in [1.165, 1.54) is 4.73 Å². The van der Waals surface area contributed by atoms with Crippen LogP contribution in [-0.4, -0.2) is 11.2 Å². The van der Waals surface area contributed by atoms with Crippen LogP contribution in [0.4, 0.5) is 0 Å². The Morgan fingerprint density at radius 1 is 1.64 bits per heavy atom. The van der Waals surface area contributed by atoms with E-state index in [1.54, 1.807) is 0 Å². The number of nitrogens with zero attached hydrogens (tertiary/aromatic N) is 1. The number of hydrogen-bond donors (Lipinski definition) is 0. The Morgan fingerprint density at radius 3 is 2.64 bits per heavy atom. The van der Waals surface area contributed by atoms with Crippen LogP contribution >= 0.6 is 22.6 Å². The molecule has 4 heteroatoms. The van der Waals surface area contributed by atoms with E-state index in [0.717, 1.165) is 15.0 Å². The van der Waals surface area contributed by atoms with Crippen LogP contribution < -0.4 is 4.84 Å². The molecule has 0 N–H and O–H groups in total. The molecule has 1 aromatic rings. The number of carbonyl (C=O) groups is 1. The molecule has 0 aromatic carbocycles. The fourth-order valence-electron chi connectivity index (χ4n) is 0.919. The van der Waals surface area contributed by atoms with Gasteiger partial charge >= 0.3 is 6.47 Å². The zero-order chi connectivity index (χ0) is 8.43. The molecule has 60 valence electrons. The lowest BCUT2D eigenvalue weighted by molar-refractivity contribution is -0.129. The van der Waals surface area contributed by atoms with Gasteiger partial charge in [-0.05, 0) is 48.1 Å². The van der Waals surface area contributed by atoms with E-state index in [-0.39, 0.29) is 0 Å². The zero-order valence-corrected chi connectivity index (χ0v) is 8.45. The number of halogens is 1. The molecule has 1 aromatic heterocycles. The third kappa shape index (κ3) is 1.55. The number of hydrogen-bond acceptors (Lipinski definition) is 2. The van der Waals surface area contributed by atoms with Gasteiger partial charge in [-0.3, -0.25) is 4.79 Å². The molecule has 0 aliphatic rings. The number of rotatable bonds is 2. The lowest BCUT2D eigenvalue weighted by Crippen LogP contribution is -2.12. The summed E-state index contributed by atoms with van der Waals surface area (Å²) in [7, 11) is 0. The molecule has 0 unspecified atom stereocenters. The molecule has 0 bridgehead atoms. The highest BCUT2D eigenvalue weighted by Gasteiger charge is 2.06. The molecule has 11 heavy (non-hydrogen) atoms. The summed E-state index contributed by atoms with van der Waals surface area (Å²) in [6.45, 7) is 4.28. The van der Waals surface area contributed by atoms with Crippen LogP contribution in [-0.2, 0) is 4.79 Å². The lowest BCUT2D eigenvalue weighted by Gasteiger charge is -2.01. The van der Waals surface area contributed by atoms with Crippen LogP contribution in [0.15, 0.2) is 6.07 Å². The molecule has 1 rings (SSSR count). The highest BCUT2D eigenvalue weighted by molar-refractivity contribution is 14.1. The maximum absolute atomic E-state index is 10.0. The van der Waals surface area contributed by atoms with E-state index < -0.39 is 0 Å². The number of aromatic nitrogens is 1. The van der Waals surface area contributed by atoms with Crippen LogP contribution in [0.3, 0.4) is 0 Å². The fraction of sp³-hybridized carbons (Fsp3) is 0.286. The van der Waals surface area contributed by atoms with Crippen molar-refractivity contribution in [2.24, 2.45) is 0 Å². The van der Waals surface area contributed by atoms with Gasteiger partial charge in [0.25, 0.3) is 0 Å². The van der Waals surface area contributed by atoms with Crippen LogP contribution in [0.1, 0.15) is 11.3 Å². The molecule has 0 saturated heterocycles. The second kappa shape index (κ2) is 3.25. The van der Waals surface area contributed by atoms with Crippen molar-refractivity contribution in [1.82, 2.24) is 4.73 Å². The van der Waals surface area contributed by atoms with Crippen molar-refractivity contribution in [2.75, 3.05) is 0 Å². The Hall–Kier alpha value is -0.520. The maximum Gasteiger partial charge on any atom is 0.321 e. The largest absolute Gasteiger partial charge is 0.339 e. The van der Waals surface area contributed by atoms with Crippen LogP contribution in [0.25, 0.3) is 0 Å². The lowest BCUT2D eigenvalue weighted by atomic mass is 10.4. The molecular weight excluding hydrogens is 257 g/mol. The standard InChI is InChI=1S/C7H8INO2/c1-5-3-6(2)9(7(5)8)11-4-10/h3-4H,1-2H3. The average molecular weight is 265 g/mol. The van der Waals surface area contributed by atoms with Gasteiger partial charge in [0.15, 0.2) is 0 Å². The first kappa shape index (κ1) is 8.58. The first-order valence-electron chi connectivity index (χ1n) is 3.12. The van der Waals surface area contributed by atoms with Crippen molar-refractivity contribution in [2.45, 2.75) is 13.8 Å². The molecular formula is C7H8INO2. The minimum atomic E-state index is 0.425. The predicted molar refractivity (Wildman–Crippen MR) is 49.3 cm³/mol. The summed E-state index contributed by atoms with van der Waals surface area (Å²) in [6, 6.07) is 1.96. The Balaban J connectivity index is 3.11. The van der Waals surface area contributed by atoms with E-state index in [2.05, 4.69) is 22.6 Å². The van der Waals surface area contributed by atoms with Gasteiger partial charge in [0.05, 0.1) is 5.69 Å². The minimum Gasteiger partial charge on any atom is -0.339 e. The topological polar surface area (TPSA) is 31.2 Å². The quantitative estimate of drug-likeness (QED) is 0.596. The SMILES string of the molecule is Cc1cc(C)n(OC=O)c1I. The van der Waals surface area contributed by atoms with Gasteiger partial charge in [-0.15, -0.1) is 0 Å². The fourth-order valence-corrected chi connectivity index (χ4v) is 1.57. The second-order valence-electron chi connectivity index (χ2n) is 2.26. The third-order valence-corrected chi connectivity index (χ3v) is 2.69. The van der Waals surface area contributed by atoms with E-state index in [0.29, 0.717) is 6.47 Å². The number of aryl methyl sites for hydroxylation is 2. The summed E-state index contributed by atoms with van der Waals surface area (Å²) >= 11 is 2.13. The Labute approximate surface area is 78.4 Å². The summed E-state index contributed by atoms with van der Waals surface area (Å²) in [5, 5.41) is 0. The van der Waals surface area contributed by atoms with E-state index in [4.69, 9.17) is 4.84 Å². The highest BCUT2D eigenvalue weighted by atomic mass is 127. The third-order valence-electron chi connectivity index (χ3n) is 1.40. The Kier molecular flexibility index (Phi) is 2.53. The van der Waals surface area contributed by atoms with Gasteiger partial charge < -0.3 is 4.84 Å². The maximum atomic E-state index is 10.0.